The molecule has 2 N–H and O–H groups in total. The number of fused-ring (bicyclic) bond motifs is 1. The molecule has 0 radical (unpaired) electrons. The molecule has 0 aliphatic carbocycles. The molecule has 0 aliphatic heterocycles. The molecule has 0 atom stereocenters. The van der Waals surface area contributed by atoms with Gasteiger partial charge in [-0.2, -0.15) is 0 Å². The molecular weight excluding hydrogens is 234 g/mol. The Kier molecular flexibility index (Phi) is 3.87. The van der Waals surface area contributed by atoms with Gasteiger partial charge < -0.3 is 5.73 Å². The molecule has 4 heteroatoms. The van der Waals surface area contributed by atoms with Crippen molar-refractivity contribution in [1.29, 1.82) is 0 Å². The first-order valence-corrected chi connectivity index (χ1v) is 6.08. The highest BCUT2D eigenvalue weighted by molar-refractivity contribution is 5.83. The average Bonchev–Trinajstić information content (AvgIpc) is 2.34. The Morgan fingerprint density at radius 1 is 1.17 bits per heavy atom. The van der Waals surface area contributed by atoms with Crippen molar-refractivity contribution in [3.63, 3.8) is 0 Å². The molecule has 0 unspecified atom stereocenters. The van der Waals surface area contributed by atoms with Crippen molar-refractivity contribution >= 4 is 10.9 Å². The lowest BCUT2D eigenvalue weighted by molar-refractivity contribution is 0.613. The molecule has 2 nitrogen and oxygen atoms in total. The Hall–Kier alpha value is -1.55. The molecule has 0 bridgehead atoms. The number of hydrogen-bond acceptors (Lipinski definition) is 2. The van der Waals surface area contributed by atoms with Gasteiger partial charge in [-0.3, -0.25) is 0 Å². The van der Waals surface area contributed by atoms with Crippen molar-refractivity contribution < 1.29 is 8.78 Å². The molecule has 96 valence electrons. The van der Waals surface area contributed by atoms with Gasteiger partial charge in [-0.05, 0) is 56.5 Å². The van der Waals surface area contributed by atoms with Crippen molar-refractivity contribution in [1.82, 2.24) is 4.98 Å². The van der Waals surface area contributed by atoms with Crippen molar-refractivity contribution in [2.24, 2.45) is 5.73 Å². The summed E-state index contributed by atoms with van der Waals surface area (Å²) < 4.78 is 27.5. The highest BCUT2D eigenvalue weighted by Gasteiger charge is 2.12. The maximum Gasteiger partial charge on any atom is 0.149 e. The number of unbranched alkanes of at least 4 members (excludes halogenated alkanes) is 1. The topological polar surface area (TPSA) is 38.9 Å². The largest absolute Gasteiger partial charge is 0.330 e. The fourth-order valence-electron chi connectivity index (χ4n) is 2.15. The van der Waals surface area contributed by atoms with Crippen molar-refractivity contribution in [2.45, 2.75) is 26.2 Å². The summed E-state index contributed by atoms with van der Waals surface area (Å²) in [5.74, 6) is -0.892. The van der Waals surface area contributed by atoms with Crippen LogP contribution in [0.15, 0.2) is 18.2 Å². The smallest absolute Gasteiger partial charge is 0.149 e. The third-order valence-electron chi connectivity index (χ3n) is 2.97. The van der Waals surface area contributed by atoms with E-state index in [1.807, 2.05) is 6.07 Å². The van der Waals surface area contributed by atoms with Gasteiger partial charge in [0.05, 0.1) is 0 Å². The number of aryl methyl sites for hydroxylation is 2. The predicted octanol–water partition coefficient (Wildman–Crippen LogP) is 3.10. The van der Waals surface area contributed by atoms with Gasteiger partial charge in [0.15, 0.2) is 0 Å². The molecule has 0 saturated heterocycles. The maximum absolute atomic E-state index is 13.8. The Bertz CT molecular complexity index is 567. The van der Waals surface area contributed by atoms with Crippen LogP contribution >= 0.6 is 0 Å². The number of hydrogen-bond donors (Lipinski definition) is 1. The van der Waals surface area contributed by atoms with E-state index in [9.17, 15) is 8.78 Å². The Morgan fingerprint density at radius 3 is 2.61 bits per heavy atom. The van der Waals surface area contributed by atoms with Crippen molar-refractivity contribution in [3.8, 4) is 0 Å². The fraction of sp³-hybridized carbons (Fsp3) is 0.357. The van der Waals surface area contributed by atoms with Crippen LogP contribution in [0.2, 0.25) is 0 Å². The van der Waals surface area contributed by atoms with Gasteiger partial charge in [0, 0.05) is 11.1 Å². The van der Waals surface area contributed by atoms with E-state index in [-0.39, 0.29) is 5.52 Å². The molecule has 0 fully saturated rings. The first-order chi connectivity index (χ1) is 8.63. The van der Waals surface area contributed by atoms with Gasteiger partial charge in [0.2, 0.25) is 0 Å². The zero-order chi connectivity index (χ0) is 13.1. The van der Waals surface area contributed by atoms with Crippen LogP contribution in [-0.4, -0.2) is 11.5 Å². The average molecular weight is 250 g/mol. The van der Waals surface area contributed by atoms with Crippen LogP contribution in [0.3, 0.4) is 0 Å². The fourth-order valence-corrected chi connectivity index (χ4v) is 2.15. The first kappa shape index (κ1) is 12.9. The molecule has 0 saturated carbocycles. The summed E-state index contributed by atoms with van der Waals surface area (Å²) >= 11 is 0. The lowest BCUT2D eigenvalue weighted by atomic mass is 10.0. The molecular formula is C14H16F2N2. The summed E-state index contributed by atoms with van der Waals surface area (Å²) in [6, 6.07) is 4.09. The lowest BCUT2D eigenvalue weighted by Gasteiger charge is -2.09. The van der Waals surface area contributed by atoms with E-state index >= 15 is 0 Å². The van der Waals surface area contributed by atoms with E-state index < -0.39 is 11.6 Å². The van der Waals surface area contributed by atoms with Gasteiger partial charge in [0.1, 0.15) is 17.2 Å². The molecule has 0 amide bonds. The normalized spacial score (nSPS) is 11.1. The molecule has 18 heavy (non-hydrogen) atoms. The van der Waals surface area contributed by atoms with Gasteiger partial charge in [-0.25, -0.2) is 13.8 Å². The summed E-state index contributed by atoms with van der Waals surface area (Å²) in [6.07, 6.45) is 2.43. The number of rotatable bonds is 4. The molecule has 0 aliphatic rings. The van der Waals surface area contributed by atoms with Crippen LogP contribution in [0.5, 0.6) is 0 Å². The highest BCUT2D eigenvalue weighted by Crippen LogP contribution is 2.25. The van der Waals surface area contributed by atoms with Crippen molar-refractivity contribution in [3.05, 3.63) is 41.1 Å². The number of nitrogens with zero attached hydrogens (tertiary/aromatic N) is 1. The Balaban J connectivity index is 2.53. The van der Waals surface area contributed by atoms with E-state index in [4.69, 9.17) is 5.73 Å². The van der Waals surface area contributed by atoms with Crippen LogP contribution < -0.4 is 5.73 Å². The standard InChI is InChI=1S/C14H16F2N2/c1-9-8-10(4-2-3-7-17)13-11(15)5-6-12(16)14(13)18-9/h5-6,8H,2-4,7,17H2,1H3. The number of benzene rings is 1. The Labute approximate surface area is 105 Å². The van der Waals surface area contributed by atoms with E-state index in [2.05, 4.69) is 4.98 Å². The molecule has 1 heterocycles. The molecule has 0 spiro atoms. The minimum absolute atomic E-state index is 0.123. The van der Waals surface area contributed by atoms with Crippen LogP contribution in [0.1, 0.15) is 24.1 Å². The summed E-state index contributed by atoms with van der Waals surface area (Å²) in [4.78, 5) is 4.09. The third kappa shape index (κ3) is 2.48. The molecule has 1 aromatic heterocycles. The summed E-state index contributed by atoms with van der Waals surface area (Å²) in [5, 5.41) is 0.303. The molecule has 2 aromatic rings. The molecule has 2 rings (SSSR count). The minimum atomic E-state index is -0.477. The monoisotopic (exact) mass is 250 g/mol. The van der Waals surface area contributed by atoms with E-state index in [0.29, 0.717) is 24.0 Å². The van der Waals surface area contributed by atoms with Crippen LogP contribution in [-0.2, 0) is 6.42 Å². The lowest BCUT2D eigenvalue weighted by Crippen LogP contribution is -2.01. The van der Waals surface area contributed by atoms with Gasteiger partial charge in [-0.1, -0.05) is 0 Å². The summed E-state index contributed by atoms with van der Waals surface area (Å²) in [5.41, 5.74) is 7.08. The predicted molar refractivity (Wildman–Crippen MR) is 68.4 cm³/mol. The van der Waals surface area contributed by atoms with Crippen LogP contribution in [0.4, 0.5) is 8.78 Å². The van der Waals surface area contributed by atoms with Gasteiger partial charge >= 0.3 is 0 Å². The SMILES string of the molecule is Cc1cc(CCCCN)c2c(F)ccc(F)c2n1. The van der Waals surface area contributed by atoms with Gasteiger partial charge in [0.25, 0.3) is 0 Å². The quantitative estimate of drug-likeness (QED) is 0.847. The first-order valence-electron chi connectivity index (χ1n) is 6.08. The molecule has 1 aromatic carbocycles. The van der Waals surface area contributed by atoms with E-state index in [0.717, 1.165) is 30.5 Å². The minimum Gasteiger partial charge on any atom is -0.330 e. The second-order valence-electron chi connectivity index (χ2n) is 4.42. The zero-order valence-corrected chi connectivity index (χ0v) is 10.3. The third-order valence-corrected chi connectivity index (χ3v) is 2.97. The number of halogens is 2. The summed E-state index contributed by atoms with van der Waals surface area (Å²) in [6.45, 7) is 2.40. The van der Waals surface area contributed by atoms with E-state index in [1.54, 1.807) is 6.92 Å². The second kappa shape index (κ2) is 5.40. The second-order valence-corrected chi connectivity index (χ2v) is 4.42. The van der Waals surface area contributed by atoms with Crippen LogP contribution in [0, 0.1) is 18.6 Å². The number of pyridine rings is 1. The van der Waals surface area contributed by atoms with E-state index in [1.165, 1.54) is 0 Å². The Morgan fingerprint density at radius 2 is 1.89 bits per heavy atom. The number of aromatic nitrogens is 1. The maximum atomic E-state index is 13.8. The highest BCUT2D eigenvalue weighted by atomic mass is 19.1. The van der Waals surface area contributed by atoms with Crippen molar-refractivity contribution in [2.75, 3.05) is 6.54 Å². The summed E-state index contributed by atoms with van der Waals surface area (Å²) in [7, 11) is 0. The van der Waals surface area contributed by atoms with Gasteiger partial charge in [-0.15, -0.1) is 0 Å². The number of nitrogens with two attached hydrogens (primary N) is 1. The van der Waals surface area contributed by atoms with Crippen LogP contribution in [0.25, 0.3) is 10.9 Å². The zero-order valence-electron chi connectivity index (χ0n) is 10.3.